The number of halogens is 2. The third-order valence-corrected chi connectivity index (χ3v) is 3.48. The largest absolute Gasteiger partial charge is 0.256 e. The van der Waals surface area contributed by atoms with Crippen molar-refractivity contribution in [1.29, 1.82) is 0 Å². The molecule has 0 bridgehead atoms. The second-order valence-electron chi connectivity index (χ2n) is 2.87. The van der Waals surface area contributed by atoms with Gasteiger partial charge < -0.3 is 0 Å². The third-order valence-electron chi connectivity index (χ3n) is 1.91. The summed E-state index contributed by atoms with van der Waals surface area (Å²) in [5, 5.41) is 3.33. The van der Waals surface area contributed by atoms with E-state index in [4.69, 9.17) is 23.2 Å². The Labute approximate surface area is 96.3 Å². The van der Waals surface area contributed by atoms with Gasteiger partial charge in [-0.3, -0.25) is 4.98 Å². The number of hydrogen-bond donors (Lipinski definition) is 0. The molecule has 0 aromatic carbocycles. The minimum atomic E-state index is 0.677. The van der Waals surface area contributed by atoms with Crippen molar-refractivity contribution in [2.24, 2.45) is 0 Å². The molecule has 0 saturated carbocycles. The van der Waals surface area contributed by atoms with E-state index in [2.05, 4.69) is 4.98 Å². The van der Waals surface area contributed by atoms with Gasteiger partial charge in [-0.1, -0.05) is 23.2 Å². The highest BCUT2D eigenvalue weighted by Crippen LogP contribution is 2.35. The summed E-state index contributed by atoms with van der Waals surface area (Å²) in [4.78, 5) is 5.40. The molecule has 2 heterocycles. The summed E-state index contributed by atoms with van der Waals surface area (Å²) < 4.78 is 0. The van der Waals surface area contributed by atoms with E-state index >= 15 is 0 Å². The molecule has 0 N–H and O–H groups in total. The van der Waals surface area contributed by atoms with Gasteiger partial charge in [-0.2, -0.15) is 0 Å². The zero-order valence-corrected chi connectivity index (χ0v) is 9.75. The van der Waals surface area contributed by atoms with Gasteiger partial charge in [0.1, 0.15) is 0 Å². The summed E-state index contributed by atoms with van der Waals surface area (Å²) in [6.45, 7) is 2.02. The number of hydrogen-bond acceptors (Lipinski definition) is 2. The first-order valence-corrected chi connectivity index (χ1v) is 5.67. The van der Waals surface area contributed by atoms with Gasteiger partial charge in [-0.05, 0) is 19.1 Å². The first-order chi connectivity index (χ1) is 6.68. The Kier molecular flexibility index (Phi) is 2.77. The van der Waals surface area contributed by atoms with Gasteiger partial charge in [0.2, 0.25) is 0 Å². The molecule has 2 aromatic rings. The van der Waals surface area contributed by atoms with Crippen molar-refractivity contribution in [1.82, 2.24) is 4.98 Å². The van der Waals surface area contributed by atoms with Crippen LogP contribution in [0.25, 0.3) is 11.3 Å². The fourth-order valence-corrected chi connectivity index (χ4v) is 2.59. The molecule has 0 aliphatic carbocycles. The van der Waals surface area contributed by atoms with Gasteiger partial charge in [-0.15, -0.1) is 11.3 Å². The zero-order chi connectivity index (χ0) is 10.1. The van der Waals surface area contributed by atoms with E-state index in [9.17, 15) is 0 Å². The molecule has 4 heteroatoms. The summed E-state index contributed by atoms with van der Waals surface area (Å²) >= 11 is 13.6. The minimum absolute atomic E-state index is 0.677. The maximum atomic E-state index is 6.06. The zero-order valence-electron chi connectivity index (χ0n) is 7.42. The third kappa shape index (κ3) is 1.78. The maximum absolute atomic E-state index is 6.06. The van der Waals surface area contributed by atoms with Crippen molar-refractivity contribution in [3.8, 4) is 11.3 Å². The molecule has 14 heavy (non-hydrogen) atoms. The van der Waals surface area contributed by atoms with Crippen LogP contribution in [0.1, 0.15) is 4.88 Å². The molecule has 2 rings (SSSR count). The van der Waals surface area contributed by atoms with Crippen LogP contribution in [0.4, 0.5) is 0 Å². The van der Waals surface area contributed by atoms with Gasteiger partial charge in [0.15, 0.2) is 0 Å². The van der Waals surface area contributed by atoms with Gasteiger partial charge in [0.25, 0.3) is 0 Å². The van der Waals surface area contributed by atoms with Gasteiger partial charge in [0, 0.05) is 27.0 Å². The highest BCUT2D eigenvalue weighted by molar-refractivity contribution is 7.11. The second kappa shape index (κ2) is 3.89. The highest BCUT2D eigenvalue weighted by atomic mass is 35.5. The molecule has 0 radical (unpaired) electrons. The summed E-state index contributed by atoms with van der Waals surface area (Å²) in [5.74, 6) is 0. The van der Waals surface area contributed by atoms with Gasteiger partial charge >= 0.3 is 0 Å². The Morgan fingerprint density at radius 1 is 1.36 bits per heavy atom. The fourth-order valence-electron chi connectivity index (χ4n) is 1.27. The van der Waals surface area contributed by atoms with Crippen LogP contribution in [-0.4, -0.2) is 4.98 Å². The lowest BCUT2D eigenvalue weighted by Gasteiger charge is -2.00. The second-order valence-corrected chi connectivity index (χ2v) is 4.80. The lowest BCUT2D eigenvalue weighted by molar-refractivity contribution is 1.32. The van der Waals surface area contributed by atoms with Crippen molar-refractivity contribution in [3.63, 3.8) is 0 Å². The lowest BCUT2D eigenvalue weighted by atomic mass is 10.2. The summed E-state index contributed by atoms with van der Waals surface area (Å²) in [7, 11) is 0. The quantitative estimate of drug-likeness (QED) is 0.723. The number of rotatable bonds is 1. The van der Waals surface area contributed by atoms with Crippen molar-refractivity contribution < 1.29 is 0 Å². The van der Waals surface area contributed by atoms with E-state index in [0.29, 0.717) is 5.02 Å². The predicted molar refractivity (Wildman–Crippen MR) is 62.3 cm³/mol. The SMILES string of the molecule is Cc1scc(Cl)c1-c1cc(Cl)ccn1. The Hall–Kier alpha value is -0.570. The van der Waals surface area contributed by atoms with Crippen molar-refractivity contribution in [2.45, 2.75) is 6.92 Å². The van der Waals surface area contributed by atoms with Crippen molar-refractivity contribution in [2.75, 3.05) is 0 Å². The Bertz CT molecular complexity index is 445. The number of thiophene rings is 1. The molecule has 0 fully saturated rings. The molecular weight excluding hydrogens is 237 g/mol. The van der Waals surface area contributed by atoms with Crippen molar-refractivity contribution in [3.05, 3.63) is 38.6 Å². The monoisotopic (exact) mass is 243 g/mol. The van der Waals surface area contributed by atoms with Crippen LogP contribution in [0.3, 0.4) is 0 Å². The molecule has 0 saturated heterocycles. The molecular formula is C10H7Cl2NS. The molecule has 0 aliphatic rings. The van der Waals surface area contributed by atoms with E-state index in [0.717, 1.165) is 21.2 Å². The van der Waals surface area contributed by atoms with Crippen LogP contribution in [0.2, 0.25) is 10.0 Å². The molecule has 0 spiro atoms. The predicted octanol–water partition coefficient (Wildman–Crippen LogP) is 4.43. The average Bonchev–Trinajstić information content (AvgIpc) is 2.46. The van der Waals surface area contributed by atoms with Crippen LogP contribution in [0.15, 0.2) is 23.7 Å². The van der Waals surface area contributed by atoms with E-state index in [1.54, 1.807) is 23.6 Å². The summed E-state index contributed by atoms with van der Waals surface area (Å²) in [6, 6.07) is 3.57. The van der Waals surface area contributed by atoms with Crippen LogP contribution in [0, 0.1) is 6.92 Å². The van der Waals surface area contributed by atoms with Crippen molar-refractivity contribution >= 4 is 34.5 Å². The fraction of sp³-hybridized carbons (Fsp3) is 0.100. The molecule has 72 valence electrons. The van der Waals surface area contributed by atoms with Gasteiger partial charge in [0.05, 0.1) is 10.7 Å². The highest BCUT2D eigenvalue weighted by Gasteiger charge is 2.10. The first kappa shape index (κ1) is 9.97. The van der Waals surface area contributed by atoms with E-state index in [1.165, 1.54) is 0 Å². The Balaban J connectivity index is 2.59. The lowest BCUT2D eigenvalue weighted by Crippen LogP contribution is -1.82. The number of nitrogens with zero attached hydrogens (tertiary/aromatic N) is 1. The normalized spacial score (nSPS) is 10.5. The standard InChI is InChI=1S/C10H7Cl2NS/c1-6-10(8(12)5-14-6)9-4-7(11)2-3-13-9/h2-5H,1H3. The Morgan fingerprint density at radius 3 is 2.71 bits per heavy atom. The molecule has 0 aliphatic heterocycles. The van der Waals surface area contributed by atoms with Crippen LogP contribution in [-0.2, 0) is 0 Å². The van der Waals surface area contributed by atoms with E-state index < -0.39 is 0 Å². The minimum Gasteiger partial charge on any atom is -0.256 e. The topological polar surface area (TPSA) is 12.9 Å². The summed E-state index contributed by atoms with van der Waals surface area (Å²) in [5.41, 5.74) is 1.82. The van der Waals surface area contributed by atoms with E-state index in [1.807, 2.05) is 18.4 Å². The molecule has 0 amide bonds. The van der Waals surface area contributed by atoms with Crippen LogP contribution in [0.5, 0.6) is 0 Å². The van der Waals surface area contributed by atoms with Gasteiger partial charge in [-0.25, -0.2) is 0 Å². The number of aromatic nitrogens is 1. The molecule has 0 atom stereocenters. The molecule has 1 nitrogen and oxygen atoms in total. The van der Waals surface area contributed by atoms with Crippen LogP contribution >= 0.6 is 34.5 Å². The average molecular weight is 244 g/mol. The summed E-state index contributed by atoms with van der Waals surface area (Å²) in [6.07, 6.45) is 1.69. The number of aryl methyl sites for hydroxylation is 1. The van der Waals surface area contributed by atoms with Crippen LogP contribution < -0.4 is 0 Å². The maximum Gasteiger partial charge on any atom is 0.0742 e. The number of pyridine rings is 1. The van der Waals surface area contributed by atoms with E-state index in [-0.39, 0.29) is 0 Å². The molecule has 0 unspecified atom stereocenters. The smallest absolute Gasteiger partial charge is 0.0742 e. The molecule has 2 aromatic heterocycles. The first-order valence-electron chi connectivity index (χ1n) is 4.04. The Morgan fingerprint density at radius 2 is 2.14 bits per heavy atom.